The van der Waals surface area contributed by atoms with E-state index in [4.69, 9.17) is 4.74 Å². The van der Waals surface area contributed by atoms with Gasteiger partial charge in [0.2, 0.25) is 0 Å². The summed E-state index contributed by atoms with van der Waals surface area (Å²) in [4.78, 5) is 4.49. The minimum atomic E-state index is -0.833. The number of hydrogen-bond donors (Lipinski definition) is 2. The summed E-state index contributed by atoms with van der Waals surface area (Å²) < 4.78 is 5.76. The van der Waals surface area contributed by atoms with Gasteiger partial charge in [-0.1, -0.05) is 20.8 Å². The van der Waals surface area contributed by atoms with Crippen LogP contribution < -0.4 is 10.1 Å². The molecule has 0 saturated heterocycles. The Labute approximate surface area is 116 Å². The molecule has 0 aliphatic heterocycles. The summed E-state index contributed by atoms with van der Waals surface area (Å²) in [7, 11) is 0. The Morgan fingerprint density at radius 1 is 1.42 bits per heavy atom. The van der Waals surface area contributed by atoms with Crippen molar-refractivity contribution in [1.82, 2.24) is 10.3 Å². The maximum absolute atomic E-state index is 10.2. The van der Waals surface area contributed by atoms with Crippen molar-refractivity contribution in [1.29, 1.82) is 0 Å². The van der Waals surface area contributed by atoms with E-state index < -0.39 is 5.60 Å². The average Bonchev–Trinajstić information content (AvgIpc) is 2.35. The van der Waals surface area contributed by atoms with E-state index in [9.17, 15) is 5.11 Å². The van der Waals surface area contributed by atoms with Crippen LogP contribution in [0.5, 0.6) is 5.75 Å². The van der Waals surface area contributed by atoms with E-state index >= 15 is 0 Å². The van der Waals surface area contributed by atoms with Crippen molar-refractivity contribution in [3.8, 4) is 5.75 Å². The van der Waals surface area contributed by atoms with Crippen LogP contribution in [0.4, 0.5) is 0 Å². The lowest BCUT2D eigenvalue weighted by molar-refractivity contribution is -0.0270. The first kappa shape index (κ1) is 15.9. The summed E-state index contributed by atoms with van der Waals surface area (Å²) in [5, 5.41) is 13.5. The summed E-state index contributed by atoms with van der Waals surface area (Å²) >= 11 is 0. The molecule has 0 aliphatic carbocycles. The number of rotatable bonds is 7. The third-order valence-corrected chi connectivity index (χ3v) is 3.38. The lowest BCUT2D eigenvalue weighted by Gasteiger charge is -2.27. The first-order valence-electron chi connectivity index (χ1n) is 6.89. The monoisotopic (exact) mass is 266 g/mol. The van der Waals surface area contributed by atoms with Crippen molar-refractivity contribution in [2.45, 2.75) is 46.8 Å². The van der Waals surface area contributed by atoms with Crippen molar-refractivity contribution in [2.75, 3.05) is 13.2 Å². The number of aliphatic hydroxyl groups is 1. The first-order chi connectivity index (χ1) is 8.86. The van der Waals surface area contributed by atoms with Gasteiger partial charge in [-0.3, -0.25) is 4.98 Å². The van der Waals surface area contributed by atoms with Crippen LogP contribution in [0.25, 0.3) is 0 Å². The van der Waals surface area contributed by atoms with Gasteiger partial charge in [0.25, 0.3) is 0 Å². The maximum Gasteiger partial charge on any atom is 0.142 e. The largest absolute Gasteiger partial charge is 0.489 e. The Morgan fingerprint density at radius 2 is 2.11 bits per heavy atom. The maximum atomic E-state index is 10.2. The number of ether oxygens (including phenoxy) is 1. The quantitative estimate of drug-likeness (QED) is 0.795. The second kappa shape index (κ2) is 6.87. The summed E-state index contributed by atoms with van der Waals surface area (Å²) in [5.41, 5.74) is 1.03. The van der Waals surface area contributed by atoms with Crippen molar-refractivity contribution < 1.29 is 9.84 Å². The molecule has 0 radical (unpaired) electrons. The molecule has 0 spiro atoms. The van der Waals surface area contributed by atoms with Gasteiger partial charge in [0.05, 0.1) is 11.3 Å². The zero-order valence-corrected chi connectivity index (χ0v) is 12.7. The van der Waals surface area contributed by atoms with Gasteiger partial charge in [0.1, 0.15) is 12.4 Å². The number of nitrogens with one attached hydrogen (secondary N) is 1. The molecule has 0 saturated carbocycles. The second-order valence-corrected chi connectivity index (χ2v) is 5.48. The summed E-state index contributed by atoms with van der Waals surface area (Å²) in [6.07, 6.45) is 0. The smallest absolute Gasteiger partial charge is 0.142 e. The highest BCUT2D eigenvalue weighted by molar-refractivity contribution is 5.29. The highest BCUT2D eigenvalue weighted by Gasteiger charge is 2.26. The van der Waals surface area contributed by atoms with Crippen LogP contribution in [-0.4, -0.2) is 28.8 Å². The fraction of sp³-hybridized carbons (Fsp3) is 0.667. The van der Waals surface area contributed by atoms with Crippen LogP contribution in [0, 0.1) is 12.8 Å². The van der Waals surface area contributed by atoms with Crippen LogP contribution in [0.2, 0.25) is 0 Å². The molecule has 1 atom stereocenters. The predicted molar refractivity (Wildman–Crippen MR) is 77.3 cm³/mol. The molecular formula is C15H26N2O2. The Bertz CT molecular complexity index is 403. The molecule has 4 heteroatoms. The Kier molecular flexibility index (Phi) is 5.76. The molecule has 1 aromatic heterocycles. The van der Waals surface area contributed by atoms with Gasteiger partial charge in [-0.25, -0.2) is 0 Å². The molecule has 4 nitrogen and oxygen atoms in total. The average molecular weight is 266 g/mol. The van der Waals surface area contributed by atoms with Crippen molar-refractivity contribution >= 4 is 0 Å². The van der Waals surface area contributed by atoms with E-state index in [-0.39, 0.29) is 12.5 Å². The third kappa shape index (κ3) is 4.80. The van der Waals surface area contributed by atoms with E-state index in [1.807, 2.05) is 32.9 Å². The van der Waals surface area contributed by atoms with Crippen LogP contribution in [0.3, 0.4) is 0 Å². The molecule has 1 unspecified atom stereocenters. The molecule has 108 valence electrons. The van der Waals surface area contributed by atoms with Gasteiger partial charge in [-0.05, 0) is 38.4 Å². The number of hydrogen-bond acceptors (Lipinski definition) is 4. The molecule has 1 aromatic rings. The van der Waals surface area contributed by atoms with Crippen LogP contribution in [0.15, 0.2) is 12.1 Å². The molecule has 0 amide bonds. The number of aromatic nitrogens is 1. The summed E-state index contributed by atoms with van der Waals surface area (Å²) in [6.45, 7) is 11.6. The number of pyridine rings is 1. The minimum Gasteiger partial charge on any atom is -0.489 e. The molecule has 0 aromatic carbocycles. The van der Waals surface area contributed by atoms with Crippen molar-refractivity contribution in [3.63, 3.8) is 0 Å². The van der Waals surface area contributed by atoms with Crippen LogP contribution >= 0.6 is 0 Å². The molecule has 19 heavy (non-hydrogen) atoms. The van der Waals surface area contributed by atoms with Crippen molar-refractivity contribution in [2.24, 2.45) is 5.92 Å². The van der Waals surface area contributed by atoms with Crippen LogP contribution in [0.1, 0.15) is 39.1 Å². The van der Waals surface area contributed by atoms with E-state index in [2.05, 4.69) is 17.2 Å². The molecule has 2 N–H and O–H groups in total. The molecule has 0 aliphatic rings. The number of aryl methyl sites for hydroxylation is 1. The lowest BCUT2D eigenvalue weighted by atomic mass is 9.94. The molecule has 1 rings (SSSR count). The highest BCUT2D eigenvalue weighted by Crippen LogP contribution is 2.21. The van der Waals surface area contributed by atoms with E-state index in [0.717, 1.165) is 23.7 Å². The van der Waals surface area contributed by atoms with Gasteiger partial charge in [0.15, 0.2) is 0 Å². The van der Waals surface area contributed by atoms with Gasteiger partial charge in [0, 0.05) is 12.2 Å². The highest BCUT2D eigenvalue weighted by atomic mass is 16.5. The zero-order valence-electron chi connectivity index (χ0n) is 12.7. The normalized spacial score (nSPS) is 14.5. The number of nitrogens with zero attached hydrogens (tertiary/aromatic N) is 1. The molecule has 1 heterocycles. The van der Waals surface area contributed by atoms with Crippen molar-refractivity contribution in [3.05, 3.63) is 23.5 Å². The lowest BCUT2D eigenvalue weighted by Crippen LogP contribution is -2.38. The van der Waals surface area contributed by atoms with Gasteiger partial charge >= 0.3 is 0 Å². The zero-order chi connectivity index (χ0) is 14.5. The van der Waals surface area contributed by atoms with Gasteiger partial charge < -0.3 is 15.2 Å². The van der Waals surface area contributed by atoms with E-state index in [1.54, 1.807) is 6.92 Å². The fourth-order valence-corrected chi connectivity index (χ4v) is 1.49. The SMILES string of the molecule is CCNCc1nc(C)ccc1OCC(C)(O)C(C)C. The molecular weight excluding hydrogens is 240 g/mol. The second-order valence-electron chi connectivity index (χ2n) is 5.48. The summed E-state index contributed by atoms with van der Waals surface area (Å²) in [6, 6.07) is 3.85. The standard InChI is InChI=1S/C15H26N2O2/c1-6-16-9-13-14(8-7-12(4)17-13)19-10-15(5,18)11(2)3/h7-8,11,16,18H,6,9-10H2,1-5H3. The topological polar surface area (TPSA) is 54.4 Å². The third-order valence-electron chi connectivity index (χ3n) is 3.38. The Balaban J connectivity index is 2.77. The van der Waals surface area contributed by atoms with E-state index in [0.29, 0.717) is 6.54 Å². The Hall–Kier alpha value is -1.13. The van der Waals surface area contributed by atoms with Crippen LogP contribution in [-0.2, 0) is 6.54 Å². The Morgan fingerprint density at radius 3 is 2.68 bits per heavy atom. The van der Waals surface area contributed by atoms with Gasteiger partial charge in [-0.15, -0.1) is 0 Å². The minimum absolute atomic E-state index is 0.142. The van der Waals surface area contributed by atoms with Gasteiger partial charge in [-0.2, -0.15) is 0 Å². The molecule has 0 fully saturated rings. The predicted octanol–water partition coefficient (Wildman–Crippen LogP) is 2.29. The summed E-state index contributed by atoms with van der Waals surface area (Å²) in [5.74, 6) is 0.885. The fourth-order valence-electron chi connectivity index (χ4n) is 1.49. The molecule has 0 bridgehead atoms. The van der Waals surface area contributed by atoms with E-state index in [1.165, 1.54) is 0 Å². The first-order valence-corrected chi connectivity index (χ1v) is 6.89.